The molecule has 0 bridgehead atoms. The van der Waals surface area contributed by atoms with E-state index < -0.39 is 0 Å². The van der Waals surface area contributed by atoms with E-state index in [1.807, 2.05) is 43.3 Å². The Labute approximate surface area is 107 Å². The number of benzene rings is 1. The molecule has 2 aromatic rings. The van der Waals surface area contributed by atoms with Crippen LogP contribution < -0.4 is 16.0 Å². The lowest BCUT2D eigenvalue weighted by molar-refractivity contribution is 0.413. The van der Waals surface area contributed by atoms with E-state index in [1.54, 1.807) is 13.3 Å². The van der Waals surface area contributed by atoms with Gasteiger partial charge in [0, 0.05) is 6.20 Å². The first-order valence-electron chi connectivity index (χ1n) is 5.77. The number of ether oxygens (including phenoxy) is 1. The third kappa shape index (κ3) is 2.67. The SMILES string of the molecule is COc1cccc(C(NN)c2cc(C)ccn2)c1. The minimum absolute atomic E-state index is 0.139. The fourth-order valence-corrected chi connectivity index (χ4v) is 1.89. The summed E-state index contributed by atoms with van der Waals surface area (Å²) in [5.41, 5.74) is 5.87. The highest BCUT2D eigenvalue weighted by molar-refractivity contribution is 5.35. The van der Waals surface area contributed by atoms with Gasteiger partial charge in [0.2, 0.25) is 0 Å². The van der Waals surface area contributed by atoms with E-state index >= 15 is 0 Å². The first-order chi connectivity index (χ1) is 8.74. The van der Waals surface area contributed by atoms with Gasteiger partial charge < -0.3 is 4.74 Å². The summed E-state index contributed by atoms with van der Waals surface area (Å²) < 4.78 is 5.22. The van der Waals surface area contributed by atoms with Crippen LogP contribution in [0.2, 0.25) is 0 Å². The molecule has 1 unspecified atom stereocenters. The molecule has 0 aliphatic carbocycles. The van der Waals surface area contributed by atoms with Crippen molar-refractivity contribution < 1.29 is 4.74 Å². The number of rotatable bonds is 4. The van der Waals surface area contributed by atoms with Crippen molar-refractivity contribution in [3.63, 3.8) is 0 Å². The van der Waals surface area contributed by atoms with Crippen LogP contribution in [0.5, 0.6) is 5.75 Å². The summed E-state index contributed by atoms with van der Waals surface area (Å²) in [6.45, 7) is 2.03. The highest BCUT2D eigenvalue weighted by Crippen LogP contribution is 2.23. The van der Waals surface area contributed by atoms with Crippen molar-refractivity contribution in [1.82, 2.24) is 10.4 Å². The number of aryl methyl sites for hydroxylation is 1. The van der Waals surface area contributed by atoms with Crippen LogP contribution in [0.1, 0.15) is 22.9 Å². The molecule has 0 fully saturated rings. The lowest BCUT2D eigenvalue weighted by atomic mass is 10.0. The second-order valence-electron chi connectivity index (χ2n) is 4.13. The van der Waals surface area contributed by atoms with Crippen LogP contribution in [0.15, 0.2) is 42.6 Å². The molecule has 4 nitrogen and oxygen atoms in total. The van der Waals surface area contributed by atoms with Crippen LogP contribution in [0.4, 0.5) is 0 Å². The summed E-state index contributed by atoms with van der Waals surface area (Å²) >= 11 is 0. The van der Waals surface area contributed by atoms with Crippen molar-refractivity contribution in [2.24, 2.45) is 5.84 Å². The fraction of sp³-hybridized carbons (Fsp3) is 0.214. The minimum Gasteiger partial charge on any atom is -0.497 e. The maximum Gasteiger partial charge on any atom is 0.119 e. The number of nitrogens with zero attached hydrogens (tertiary/aromatic N) is 1. The summed E-state index contributed by atoms with van der Waals surface area (Å²) in [4.78, 5) is 4.36. The van der Waals surface area contributed by atoms with Gasteiger partial charge in [-0.3, -0.25) is 10.8 Å². The number of hydrogen-bond acceptors (Lipinski definition) is 4. The van der Waals surface area contributed by atoms with Crippen molar-refractivity contribution in [2.75, 3.05) is 7.11 Å². The summed E-state index contributed by atoms with van der Waals surface area (Å²) in [6, 6.07) is 11.6. The Morgan fingerprint density at radius 2 is 2.11 bits per heavy atom. The van der Waals surface area contributed by atoms with Gasteiger partial charge >= 0.3 is 0 Å². The molecule has 94 valence electrons. The van der Waals surface area contributed by atoms with Crippen LogP contribution in [-0.4, -0.2) is 12.1 Å². The molecular weight excluding hydrogens is 226 g/mol. The first kappa shape index (κ1) is 12.5. The van der Waals surface area contributed by atoms with Crippen LogP contribution in [-0.2, 0) is 0 Å². The number of pyridine rings is 1. The summed E-state index contributed by atoms with van der Waals surface area (Å²) in [7, 11) is 1.65. The van der Waals surface area contributed by atoms with Gasteiger partial charge in [0.15, 0.2) is 0 Å². The van der Waals surface area contributed by atoms with E-state index in [2.05, 4.69) is 10.4 Å². The maximum atomic E-state index is 5.65. The molecule has 0 amide bonds. The Morgan fingerprint density at radius 3 is 2.78 bits per heavy atom. The molecule has 1 heterocycles. The van der Waals surface area contributed by atoms with Crippen LogP contribution in [0.25, 0.3) is 0 Å². The number of methoxy groups -OCH3 is 1. The number of aromatic nitrogens is 1. The Bertz CT molecular complexity index is 528. The molecule has 18 heavy (non-hydrogen) atoms. The predicted octanol–water partition coefficient (Wildman–Crippen LogP) is 1.95. The minimum atomic E-state index is -0.139. The molecule has 1 atom stereocenters. The van der Waals surface area contributed by atoms with Crippen molar-refractivity contribution >= 4 is 0 Å². The normalized spacial score (nSPS) is 12.2. The van der Waals surface area contributed by atoms with E-state index in [1.165, 1.54) is 0 Å². The summed E-state index contributed by atoms with van der Waals surface area (Å²) in [5, 5.41) is 0. The largest absolute Gasteiger partial charge is 0.497 e. The summed E-state index contributed by atoms with van der Waals surface area (Å²) in [6.07, 6.45) is 1.79. The van der Waals surface area contributed by atoms with Gasteiger partial charge in [-0.2, -0.15) is 0 Å². The molecule has 4 heteroatoms. The zero-order chi connectivity index (χ0) is 13.0. The molecular formula is C14H17N3O. The average molecular weight is 243 g/mol. The molecule has 0 aliphatic rings. The molecule has 1 aromatic heterocycles. The number of nitrogens with one attached hydrogen (secondary N) is 1. The fourth-order valence-electron chi connectivity index (χ4n) is 1.89. The number of hydrazine groups is 1. The van der Waals surface area contributed by atoms with Gasteiger partial charge in [-0.1, -0.05) is 12.1 Å². The van der Waals surface area contributed by atoms with Gasteiger partial charge in [0.1, 0.15) is 5.75 Å². The monoisotopic (exact) mass is 243 g/mol. The Kier molecular flexibility index (Phi) is 3.92. The van der Waals surface area contributed by atoms with Crippen LogP contribution in [0, 0.1) is 6.92 Å². The standard InChI is InChI=1S/C14H17N3O/c1-10-6-7-16-13(8-10)14(17-15)11-4-3-5-12(9-11)18-2/h3-9,14,17H,15H2,1-2H3. The maximum absolute atomic E-state index is 5.65. The smallest absolute Gasteiger partial charge is 0.119 e. The average Bonchev–Trinajstić information content (AvgIpc) is 2.40. The van der Waals surface area contributed by atoms with Crippen molar-refractivity contribution in [3.8, 4) is 5.75 Å². The van der Waals surface area contributed by atoms with Crippen molar-refractivity contribution in [1.29, 1.82) is 0 Å². The highest BCUT2D eigenvalue weighted by Gasteiger charge is 2.14. The highest BCUT2D eigenvalue weighted by atomic mass is 16.5. The molecule has 0 spiro atoms. The van der Waals surface area contributed by atoms with Gasteiger partial charge in [0.05, 0.1) is 18.8 Å². The molecule has 0 saturated carbocycles. The molecule has 2 rings (SSSR count). The molecule has 3 N–H and O–H groups in total. The second-order valence-corrected chi connectivity index (χ2v) is 4.13. The lowest BCUT2D eigenvalue weighted by Gasteiger charge is -2.16. The van der Waals surface area contributed by atoms with Gasteiger partial charge in [-0.25, -0.2) is 5.43 Å². The Hall–Kier alpha value is -1.91. The molecule has 0 saturated heterocycles. The quantitative estimate of drug-likeness (QED) is 0.636. The van der Waals surface area contributed by atoms with Gasteiger partial charge in [0.25, 0.3) is 0 Å². The number of hydrogen-bond donors (Lipinski definition) is 2. The number of nitrogens with two attached hydrogens (primary N) is 1. The lowest BCUT2D eigenvalue weighted by Crippen LogP contribution is -2.29. The summed E-state index contributed by atoms with van der Waals surface area (Å²) in [5.74, 6) is 6.45. The Balaban J connectivity index is 2.38. The second kappa shape index (κ2) is 5.62. The molecule has 0 aliphatic heterocycles. The first-order valence-corrected chi connectivity index (χ1v) is 5.77. The zero-order valence-electron chi connectivity index (χ0n) is 10.6. The predicted molar refractivity (Wildman–Crippen MR) is 71.1 cm³/mol. The third-order valence-electron chi connectivity index (χ3n) is 2.83. The van der Waals surface area contributed by atoms with Crippen LogP contribution >= 0.6 is 0 Å². The zero-order valence-corrected chi connectivity index (χ0v) is 10.6. The van der Waals surface area contributed by atoms with E-state index in [-0.39, 0.29) is 6.04 Å². The Morgan fingerprint density at radius 1 is 1.28 bits per heavy atom. The van der Waals surface area contributed by atoms with E-state index in [0.29, 0.717) is 0 Å². The van der Waals surface area contributed by atoms with E-state index in [9.17, 15) is 0 Å². The van der Waals surface area contributed by atoms with E-state index in [0.717, 1.165) is 22.6 Å². The van der Waals surface area contributed by atoms with Gasteiger partial charge in [-0.05, 0) is 42.3 Å². The van der Waals surface area contributed by atoms with Crippen LogP contribution in [0.3, 0.4) is 0 Å². The topological polar surface area (TPSA) is 60.2 Å². The van der Waals surface area contributed by atoms with Crippen molar-refractivity contribution in [2.45, 2.75) is 13.0 Å². The van der Waals surface area contributed by atoms with Crippen molar-refractivity contribution in [3.05, 3.63) is 59.4 Å². The molecule has 0 radical (unpaired) electrons. The third-order valence-corrected chi connectivity index (χ3v) is 2.83. The molecule has 1 aromatic carbocycles. The van der Waals surface area contributed by atoms with Gasteiger partial charge in [-0.15, -0.1) is 0 Å². The van der Waals surface area contributed by atoms with E-state index in [4.69, 9.17) is 10.6 Å².